The molecule has 0 N–H and O–H groups in total. The molecular weight excluding hydrogens is 443 g/mol. The molecule has 1 atom stereocenters. The van der Waals surface area contributed by atoms with E-state index in [1.165, 1.54) is 17.0 Å². The molecule has 31 heavy (non-hydrogen) atoms. The maximum absolute atomic E-state index is 14.8. The maximum atomic E-state index is 14.8. The quantitative estimate of drug-likeness (QED) is 0.606. The summed E-state index contributed by atoms with van der Waals surface area (Å²) in [5.74, 6) is -1.85. The Morgan fingerprint density at radius 1 is 1.26 bits per heavy atom. The van der Waals surface area contributed by atoms with E-state index >= 15 is 0 Å². The molecule has 0 aromatic heterocycles. The van der Waals surface area contributed by atoms with E-state index in [4.69, 9.17) is 9.57 Å². The molecule has 172 valence electrons. The second kappa shape index (κ2) is 9.40. The van der Waals surface area contributed by atoms with Crippen LogP contribution in [0.1, 0.15) is 12.8 Å². The van der Waals surface area contributed by atoms with Crippen LogP contribution >= 0.6 is 0 Å². The van der Waals surface area contributed by atoms with E-state index in [1.54, 1.807) is 4.90 Å². The number of Topliss-reactive ketones (excluding diaryl/α,β-unsaturated/α-hetero) is 1. The molecule has 1 aromatic rings. The molecule has 0 radical (unpaired) electrons. The summed E-state index contributed by atoms with van der Waals surface area (Å²) in [4.78, 5) is 31.1. The van der Waals surface area contributed by atoms with Crippen LogP contribution in [-0.2, 0) is 24.4 Å². The number of ether oxygens (including phenoxy) is 1. The Hall–Kier alpha value is -2.38. The lowest BCUT2D eigenvalue weighted by molar-refractivity contribution is -0.129. The molecule has 9 nitrogen and oxygen atoms in total. The van der Waals surface area contributed by atoms with Crippen molar-refractivity contribution < 1.29 is 40.8 Å². The SMILES string of the molecule is CS(=O)(=O)N1CCN(c2ccc(N3C[C@H](CCC(=O)C(F)F)OC3=O)cc2F)CCO1. The Kier molecular flexibility index (Phi) is 7.06. The number of hydrogen-bond donors (Lipinski definition) is 0. The van der Waals surface area contributed by atoms with E-state index in [-0.39, 0.29) is 50.6 Å². The average Bonchev–Trinajstić information content (AvgIpc) is 2.89. The van der Waals surface area contributed by atoms with Crippen LogP contribution in [0.25, 0.3) is 0 Å². The second-order valence-corrected chi connectivity index (χ2v) is 9.04. The number of halogens is 3. The van der Waals surface area contributed by atoms with Crippen LogP contribution in [0.15, 0.2) is 18.2 Å². The largest absolute Gasteiger partial charge is 0.444 e. The van der Waals surface area contributed by atoms with Gasteiger partial charge in [0.15, 0.2) is 5.78 Å². The molecular formula is C18H22F3N3O6S. The summed E-state index contributed by atoms with van der Waals surface area (Å²) in [6.45, 7) is 0.544. The molecule has 2 aliphatic heterocycles. The number of amides is 1. The lowest BCUT2D eigenvalue weighted by atomic mass is 10.1. The number of sulfonamides is 1. The van der Waals surface area contributed by atoms with Crippen molar-refractivity contribution in [3.8, 4) is 0 Å². The zero-order chi connectivity index (χ0) is 22.8. The number of nitrogens with zero attached hydrogens (tertiary/aromatic N) is 3. The molecule has 0 unspecified atom stereocenters. The molecule has 0 aliphatic carbocycles. The van der Waals surface area contributed by atoms with Crippen molar-refractivity contribution >= 4 is 33.3 Å². The van der Waals surface area contributed by atoms with E-state index in [1.807, 2.05) is 0 Å². The van der Waals surface area contributed by atoms with Crippen LogP contribution in [0.4, 0.5) is 29.3 Å². The van der Waals surface area contributed by atoms with Crippen LogP contribution < -0.4 is 9.80 Å². The zero-order valence-electron chi connectivity index (χ0n) is 16.7. The number of alkyl halides is 2. The number of carbonyl (C=O) groups is 2. The van der Waals surface area contributed by atoms with Crippen molar-refractivity contribution in [2.75, 3.05) is 48.8 Å². The Bertz CT molecular complexity index is 945. The number of rotatable bonds is 7. The van der Waals surface area contributed by atoms with E-state index in [0.29, 0.717) is 0 Å². The van der Waals surface area contributed by atoms with Gasteiger partial charge in [0.2, 0.25) is 10.0 Å². The Labute approximate surface area is 177 Å². The molecule has 3 rings (SSSR count). The van der Waals surface area contributed by atoms with Crippen molar-refractivity contribution in [2.45, 2.75) is 25.4 Å². The number of anilines is 2. The van der Waals surface area contributed by atoms with Gasteiger partial charge >= 0.3 is 6.09 Å². The van der Waals surface area contributed by atoms with Gasteiger partial charge in [0.1, 0.15) is 11.9 Å². The number of hydroxylamine groups is 1. The van der Waals surface area contributed by atoms with Gasteiger partial charge in [0.05, 0.1) is 37.3 Å². The van der Waals surface area contributed by atoms with Gasteiger partial charge in [0, 0.05) is 19.5 Å². The molecule has 0 saturated carbocycles. The first-order valence-corrected chi connectivity index (χ1v) is 11.3. The summed E-state index contributed by atoms with van der Waals surface area (Å²) in [6, 6.07) is 4.11. The van der Waals surface area contributed by atoms with Gasteiger partial charge in [-0.25, -0.2) is 26.4 Å². The summed E-state index contributed by atoms with van der Waals surface area (Å²) in [5, 5.41) is 0. The van der Waals surface area contributed by atoms with E-state index in [2.05, 4.69) is 0 Å². The number of cyclic esters (lactones) is 1. The third-order valence-electron chi connectivity index (χ3n) is 4.93. The Morgan fingerprint density at radius 2 is 2.00 bits per heavy atom. The number of hydrogen-bond acceptors (Lipinski definition) is 7. The molecule has 2 saturated heterocycles. The van der Waals surface area contributed by atoms with E-state index in [9.17, 15) is 31.2 Å². The minimum absolute atomic E-state index is 0.00894. The molecule has 1 amide bonds. The maximum Gasteiger partial charge on any atom is 0.414 e. The standard InChI is InChI=1S/C18H22F3N3O6S/c1-31(27,28)24-7-6-22(8-9-29-24)15-4-2-12(10-14(15)19)23-11-13(30-18(23)26)3-5-16(25)17(20)21/h2,4,10,13,17H,3,5-9,11H2,1H3/t13-/m0/s1. The zero-order valence-corrected chi connectivity index (χ0v) is 17.5. The highest BCUT2D eigenvalue weighted by Gasteiger charge is 2.34. The van der Waals surface area contributed by atoms with Gasteiger partial charge in [-0.1, -0.05) is 4.47 Å². The predicted octanol–water partition coefficient (Wildman–Crippen LogP) is 1.78. The summed E-state index contributed by atoms with van der Waals surface area (Å²) in [7, 11) is -3.54. The fourth-order valence-electron chi connectivity index (χ4n) is 3.35. The Morgan fingerprint density at radius 3 is 2.65 bits per heavy atom. The van der Waals surface area contributed by atoms with Crippen molar-refractivity contribution in [3.63, 3.8) is 0 Å². The topological polar surface area (TPSA) is 96.5 Å². The third-order valence-corrected chi connectivity index (χ3v) is 5.96. The fraction of sp³-hybridized carbons (Fsp3) is 0.556. The predicted molar refractivity (Wildman–Crippen MR) is 104 cm³/mol. The highest BCUT2D eigenvalue weighted by atomic mass is 32.2. The van der Waals surface area contributed by atoms with E-state index in [0.717, 1.165) is 16.8 Å². The average molecular weight is 465 g/mol. The number of carbonyl (C=O) groups excluding carboxylic acids is 2. The first-order chi connectivity index (χ1) is 14.6. The van der Waals surface area contributed by atoms with Crippen molar-refractivity contribution in [2.24, 2.45) is 0 Å². The van der Waals surface area contributed by atoms with Gasteiger partial charge in [-0.3, -0.25) is 14.5 Å². The number of benzene rings is 1. The highest BCUT2D eigenvalue weighted by Crippen LogP contribution is 2.29. The second-order valence-electron chi connectivity index (χ2n) is 7.17. The minimum atomic E-state index is -3.54. The molecule has 1 aromatic carbocycles. The van der Waals surface area contributed by atoms with Crippen LogP contribution in [0.5, 0.6) is 0 Å². The molecule has 0 spiro atoms. The van der Waals surface area contributed by atoms with Crippen molar-refractivity contribution in [1.29, 1.82) is 0 Å². The lowest BCUT2D eigenvalue weighted by Gasteiger charge is -2.23. The van der Waals surface area contributed by atoms with Gasteiger partial charge in [-0.15, -0.1) is 0 Å². The van der Waals surface area contributed by atoms with Gasteiger partial charge in [0.25, 0.3) is 6.43 Å². The smallest absolute Gasteiger partial charge is 0.414 e. The fourth-order valence-corrected chi connectivity index (χ4v) is 4.03. The normalized spacial score (nSPS) is 20.8. The van der Waals surface area contributed by atoms with Crippen molar-refractivity contribution in [1.82, 2.24) is 4.47 Å². The molecule has 2 aliphatic rings. The summed E-state index contributed by atoms with van der Waals surface area (Å²) < 4.78 is 68.6. The van der Waals surface area contributed by atoms with Crippen LogP contribution in [0.3, 0.4) is 0 Å². The summed E-state index contributed by atoms with van der Waals surface area (Å²) in [6.07, 6.45) is -4.02. The molecule has 0 bridgehead atoms. The molecule has 2 fully saturated rings. The summed E-state index contributed by atoms with van der Waals surface area (Å²) in [5.41, 5.74) is 0.437. The molecule has 2 heterocycles. The van der Waals surface area contributed by atoms with Crippen LogP contribution in [0, 0.1) is 5.82 Å². The number of ketones is 1. The van der Waals surface area contributed by atoms with Crippen LogP contribution in [0.2, 0.25) is 0 Å². The third kappa shape index (κ3) is 5.66. The van der Waals surface area contributed by atoms with Crippen LogP contribution in [-0.4, -0.2) is 76.3 Å². The lowest BCUT2D eigenvalue weighted by Crippen LogP contribution is -2.34. The minimum Gasteiger partial charge on any atom is -0.444 e. The summed E-state index contributed by atoms with van der Waals surface area (Å²) >= 11 is 0. The Balaban J connectivity index is 1.65. The first kappa shape index (κ1) is 23.3. The monoisotopic (exact) mass is 465 g/mol. The van der Waals surface area contributed by atoms with E-state index < -0.39 is 46.7 Å². The van der Waals surface area contributed by atoms with Gasteiger partial charge in [-0.2, -0.15) is 0 Å². The first-order valence-electron chi connectivity index (χ1n) is 9.50. The van der Waals surface area contributed by atoms with Gasteiger partial charge < -0.3 is 9.64 Å². The molecule has 13 heteroatoms. The van der Waals surface area contributed by atoms with Gasteiger partial charge in [-0.05, 0) is 24.6 Å². The van der Waals surface area contributed by atoms with Crippen molar-refractivity contribution in [3.05, 3.63) is 24.0 Å². The highest BCUT2D eigenvalue weighted by molar-refractivity contribution is 7.88.